The molecule has 0 saturated carbocycles. The molecule has 0 radical (unpaired) electrons. The van der Waals surface area contributed by atoms with Gasteiger partial charge in [0, 0.05) is 0 Å². The van der Waals surface area contributed by atoms with Crippen molar-refractivity contribution in [1.29, 1.82) is 0 Å². The maximum Gasteiger partial charge on any atom is 0.335 e. The number of benzene rings is 1. The highest BCUT2D eigenvalue weighted by Gasteiger charge is 2.23. The molecule has 2 N–H and O–H groups in total. The lowest BCUT2D eigenvalue weighted by Crippen LogP contribution is -2.33. The van der Waals surface area contributed by atoms with Gasteiger partial charge in [0.25, 0.3) is 0 Å². The second-order valence-corrected chi connectivity index (χ2v) is 4.96. The number of rotatable bonds is 2. The topological polar surface area (TPSA) is 49.3 Å². The van der Waals surface area contributed by atoms with Crippen LogP contribution in [0.25, 0.3) is 0 Å². The molecule has 0 bridgehead atoms. The summed E-state index contributed by atoms with van der Waals surface area (Å²) < 4.78 is 0. The Labute approximate surface area is 102 Å². The van der Waals surface area contributed by atoms with Crippen molar-refractivity contribution in [3.63, 3.8) is 0 Å². The van der Waals surface area contributed by atoms with Crippen LogP contribution in [0.1, 0.15) is 40.7 Å². The highest BCUT2D eigenvalue weighted by atomic mass is 16.4. The number of aromatic carboxylic acids is 1. The van der Waals surface area contributed by atoms with E-state index in [9.17, 15) is 4.79 Å². The second-order valence-electron chi connectivity index (χ2n) is 4.96. The van der Waals surface area contributed by atoms with E-state index >= 15 is 0 Å². The lowest BCUT2D eigenvalue weighted by atomic mass is 9.81. The number of carboxylic acid groups (broad SMARTS) is 1. The van der Waals surface area contributed by atoms with E-state index in [1.54, 1.807) is 0 Å². The van der Waals surface area contributed by atoms with Gasteiger partial charge in [-0.2, -0.15) is 0 Å². The molecule has 92 valence electrons. The van der Waals surface area contributed by atoms with Gasteiger partial charge in [-0.3, -0.25) is 0 Å². The van der Waals surface area contributed by atoms with Crippen LogP contribution in [-0.4, -0.2) is 24.2 Å². The van der Waals surface area contributed by atoms with E-state index in [2.05, 4.69) is 18.3 Å². The van der Waals surface area contributed by atoms with E-state index < -0.39 is 5.97 Å². The Morgan fingerprint density at radius 2 is 2.24 bits per heavy atom. The molecular weight excluding hydrogens is 214 g/mol. The summed E-state index contributed by atoms with van der Waals surface area (Å²) in [6.45, 7) is 6.10. The fraction of sp³-hybridized carbons (Fsp3) is 0.500. The van der Waals surface area contributed by atoms with E-state index in [1.807, 2.05) is 19.1 Å². The fourth-order valence-electron chi connectivity index (χ4n) is 2.61. The number of hydrogen-bond donors (Lipinski definition) is 2. The molecule has 1 aromatic carbocycles. The zero-order chi connectivity index (χ0) is 12.4. The molecule has 0 amide bonds. The van der Waals surface area contributed by atoms with Gasteiger partial charge in [0.05, 0.1) is 5.56 Å². The van der Waals surface area contributed by atoms with Gasteiger partial charge in [-0.25, -0.2) is 4.79 Å². The number of nitrogens with one attached hydrogen (secondary N) is 1. The Morgan fingerprint density at radius 1 is 1.47 bits per heavy atom. The normalized spacial score (nSPS) is 24.6. The molecule has 1 aromatic rings. The minimum Gasteiger partial charge on any atom is -0.478 e. The first-order valence-corrected chi connectivity index (χ1v) is 6.14. The Kier molecular flexibility index (Phi) is 3.48. The van der Waals surface area contributed by atoms with E-state index in [4.69, 9.17) is 5.11 Å². The maximum atomic E-state index is 11.1. The molecule has 0 unspecified atom stereocenters. The van der Waals surface area contributed by atoms with Crippen LogP contribution >= 0.6 is 0 Å². The van der Waals surface area contributed by atoms with Crippen LogP contribution in [0.3, 0.4) is 0 Å². The van der Waals surface area contributed by atoms with E-state index in [0.717, 1.165) is 25.1 Å². The van der Waals surface area contributed by atoms with Crippen LogP contribution in [-0.2, 0) is 0 Å². The summed E-state index contributed by atoms with van der Waals surface area (Å²) in [5.74, 6) is 0.217. The first-order valence-electron chi connectivity index (χ1n) is 6.14. The largest absolute Gasteiger partial charge is 0.478 e. The number of hydrogen-bond acceptors (Lipinski definition) is 2. The smallest absolute Gasteiger partial charge is 0.335 e. The van der Waals surface area contributed by atoms with Crippen molar-refractivity contribution in [1.82, 2.24) is 5.32 Å². The van der Waals surface area contributed by atoms with Crippen LogP contribution in [0.15, 0.2) is 18.2 Å². The third-order valence-corrected chi connectivity index (χ3v) is 3.71. The van der Waals surface area contributed by atoms with Crippen molar-refractivity contribution in [2.75, 3.05) is 13.1 Å². The minimum atomic E-state index is -0.828. The first-order chi connectivity index (χ1) is 8.09. The van der Waals surface area contributed by atoms with Gasteiger partial charge in [-0.05, 0) is 55.5 Å². The quantitative estimate of drug-likeness (QED) is 0.824. The average molecular weight is 233 g/mol. The molecule has 1 aliphatic rings. The summed E-state index contributed by atoms with van der Waals surface area (Å²) in [5, 5.41) is 12.5. The molecule has 1 saturated heterocycles. The Hall–Kier alpha value is -1.35. The van der Waals surface area contributed by atoms with Gasteiger partial charge in [0.1, 0.15) is 0 Å². The lowest BCUT2D eigenvalue weighted by molar-refractivity contribution is 0.0696. The number of piperidine rings is 1. The van der Waals surface area contributed by atoms with Gasteiger partial charge in [0.15, 0.2) is 0 Å². The molecular formula is C14H19NO2. The molecule has 0 aliphatic carbocycles. The average Bonchev–Trinajstić information content (AvgIpc) is 2.30. The minimum absolute atomic E-state index is 0.438. The van der Waals surface area contributed by atoms with Gasteiger partial charge in [0.2, 0.25) is 0 Å². The Balaban J connectivity index is 2.32. The summed E-state index contributed by atoms with van der Waals surface area (Å²) >= 11 is 0. The molecule has 3 nitrogen and oxygen atoms in total. The standard InChI is InChI=1S/C14H19NO2/c1-9-3-4-11(7-13(9)14(16)17)12-5-6-15-8-10(12)2/h3-4,7,10,12,15H,5-6,8H2,1-2H3,(H,16,17)/t10-,12+/m1/s1. The maximum absolute atomic E-state index is 11.1. The molecule has 2 rings (SSSR count). The molecule has 0 spiro atoms. The zero-order valence-corrected chi connectivity index (χ0v) is 10.4. The SMILES string of the molecule is Cc1ccc([C@H]2CCNC[C@H]2C)cc1C(=O)O. The summed E-state index contributed by atoms with van der Waals surface area (Å²) in [4.78, 5) is 11.1. The first kappa shape index (κ1) is 12.1. The van der Waals surface area contributed by atoms with Crippen molar-refractivity contribution in [3.8, 4) is 0 Å². The Morgan fingerprint density at radius 3 is 2.88 bits per heavy atom. The summed E-state index contributed by atoms with van der Waals surface area (Å²) in [7, 11) is 0. The van der Waals surface area contributed by atoms with Gasteiger partial charge < -0.3 is 10.4 Å². The van der Waals surface area contributed by atoms with Gasteiger partial charge >= 0.3 is 5.97 Å². The predicted octanol–water partition coefficient (Wildman–Crippen LogP) is 2.41. The summed E-state index contributed by atoms with van der Waals surface area (Å²) in [6.07, 6.45) is 1.09. The number of carbonyl (C=O) groups is 1. The van der Waals surface area contributed by atoms with Crippen LogP contribution in [0, 0.1) is 12.8 Å². The molecule has 1 fully saturated rings. The zero-order valence-electron chi connectivity index (χ0n) is 10.4. The molecule has 17 heavy (non-hydrogen) atoms. The predicted molar refractivity (Wildman–Crippen MR) is 67.5 cm³/mol. The molecule has 1 heterocycles. The third-order valence-electron chi connectivity index (χ3n) is 3.71. The monoisotopic (exact) mass is 233 g/mol. The van der Waals surface area contributed by atoms with Crippen molar-refractivity contribution in [2.24, 2.45) is 5.92 Å². The summed E-state index contributed by atoms with van der Waals surface area (Å²) in [6, 6.07) is 5.85. The van der Waals surface area contributed by atoms with E-state index in [0.29, 0.717) is 17.4 Å². The number of aryl methyl sites for hydroxylation is 1. The van der Waals surface area contributed by atoms with Crippen LogP contribution in [0.5, 0.6) is 0 Å². The Bertz CT molecular complexity index is 428. The number of carboxylic acids is 1. The summed E-state index contributed by atoms with van der Waals surface area (Å²) in [5.41, 5.74) is 2.44. The van der Waals surface area contributed by atoms with Gasteiger partial charge in [-0.15, -0.1) is 0 Å². The van der Waals surface area contributed by atoms with Crippen molar-refractivity contribution < 1.29 is 9.90 Å². The van der Waals surface area contributed by atoms with Crippen molar-refractivity contribution in [2.45, 2.75) is 26.2 Å². The second kappa shape index (κ2) is 4.88. The lowest BCUT2D eigenvalue weighted by Gasteiger charge is -2.30. The van der Waals surface area contributed by atoms with E-state index in [-0.39, 0.29) is 0 Å². The molecule has 0 aromatic heterocycles. The van der Waals surface area contributed by atoms with E-state index in [1.165, 1.54) is 5.56 Å². The van der Waals surface area contributed by atoms with Crippen LogP contribution in [0.4, 0.5) is 0 Å². The molecule has 3 heteroatoms. The highest BCUT2D eigenvalue weighted by molar-refractivity contribution is 5.89. The van der Waals surface area contributed by atoms with Crippen molar-refractivity contribution >= 4 is 5.97 Å². The molecule has 2 atom stereocenters. The fourth-order valence-corrected chi connectivity index (χ4v) is 2.61. The molecule has 1 aliphatic heterocycles. The third kappa shape index (κ3) is 2.50. The van der Waals surface area contributed by atoms with Crippen LogP contribution in [0.2, 0.25) is 0 Å². The van der Waals surface area contributed by atoms with Crippen molar-refractivity contribution in [3.05, 3.63) is 34.9 Å². The van der Waals surface area contributed by atoms with Gasteiger partial charge in [-0.1, -0.05) is 19.1 Å². The van der Waals surface area contributed by atoms with Crippen LogP contribution < -0.4 is 5.32 Å². The highest BCUT2D eigenvalue weighted by Crippen LogP contribution is 2.31.